The number of nitrogens with one attached hydrogen (secondary N) is 1. The van der Waals surface area contributed by atoms with Crippen molar-refractivity contribution in [3.05, 3.63) is 29.8 Å². The molecular weight excluding hydrogens is 244 g/mol. The molecule has 19 heavy (non-hydrogen) atoms. The molecule has 2 N–H and O–H groups in total. The van der Waals surface area contributed by atoms with E-state index in [4.69, 9.17) is 4.74 Å². The highest BCUT2D eigenvalue weighted by molar-refractivity contribution is 5.74. The van der Waals surface area contributed by atoms with E-state index in [0.29, 0.717) is 13.2 Å². The monoisotopic (exact) mass is 264 g/mol. The van der Waals surface area contributed by atoms with Crippen molar-refractivity contribution < 1.29 is 14.6 Å². The Labute approximate surface area is 113 Å². The first-order valence-electron chi connectivity index (χ1n) is 6.46. The van der Waals surface area contributed by atoms with Crippen molar-refractivity contribution in [2.24, 2.45) is 0 Å². The summed E-state index contributed by atoms with van der Waals surface area (Å²) in [6.45, 7) is 2.45. The van der Waals surface area contributed by atoms with Gasteiger partial charge in [0.05, 0.1) is 12.1 Å². The second-order valence-electron chi connectivity index (χ2n) is 5.00. The Morgan fingerprint density at radius 1 is 1.58 bits per heavy atom. The van der Waals surface area contributed by atoms with Gasteiger partial charge in [0.1, 0.15) is 12.4 Å². The van der Waals surface area contributed by atoms with Crippen LogP contribution in [0.25, 0.3) is 0 Å². The second kappa shape index (κ2) is 5.93. The van der Waals surface area contributed by atoms with Gasteiger partial charge in [0.25, 0.3) is 0 Å². The van der Waals surface area contributed by atoms with Crippen LogP contribution in [-0.4, -0.2) is 48.4 Å². The van der Waals surface area contributed by atoms with E-state index in [9.17, 15) is 9.90 Å². The van der Waals surface area contributed by atoms with Crippen molar-refractivity contribution >= 4 is 6.03 Å². The molecule has 2 unspecified atom stereocenters. The number of nitrogens with zero attached hydrogens (tertiary/aromatic N) is 1. The number of hydrogen-bond acceptors (Lipinski definition) is 3. The zero-order valence-corrected chi connectivity index (χ0v) is 11.3. The molecule has 1 aliphatic heterocycles. The average Bonchev–Trinajstić information content (AvgIpc) is 2.37. The van der Waals surface area contributed by atoms with E-state index in [1.54, 1.807) is 14.0 Å². The van der Waals surface area contributed by atoms with Crippen molar-refractivity contribution in [3.63, 3.8) is 0 Å². The molecule has 5 heteroatoms. The summed E-state index contributed by atoms with van der Waals surface area (Å²) in [5, 5.41) is 12.2. The minimum Gasteiger partial charge on any atom is -0.491 e. The summed E-state index contributed by atoms with van der Waals surface area (Å²) in [5.74, 6) is 0.894. The first-order valence-corrected chi connectivity index (χ1v) is 6.46. The Balaban J connectivity index is 1.90. The molecule has 0 fully saturated rings. The number of aliphatic hydroxyl groups is 1. The van der Waals surface area contributed by atoms with Gasteiger partial charge in [-0.05, 0) is 25.0 Å². The predicted octanol–water partition coefficient (Wildman–Crippen LogP) is 1.01. The highest BCUT2D eigenvalue weighted by Crippen LogP contribution is 2.23. The Hall–Kier alpha value is -1.75. The van der Waals surface area contributed by atoms with Gasteiger partial charge < -0.3 is 20.1 Å². The molecule has 0 spiro atoms. The third-order valence-corrected chi connectivity index (χ3v) is 3.09. The maximum absolute atomic E-state index is 11.9. The lowest BCUT2D eigenvalue weighted by Gasteiger charge is -2.28. The van der Waals surface area contributed by atoms with Gasteiger partial charge in [-0.15, -0.1) is 0 Å². The number of likely N-dealkylation sites (N-methyl/N-ethyl adjacent to an activating group) is 1. The second-order valence-corrected chi connectivity index (χ2v) is 5.00. The molecule has 1 aromatic carbocycles. The lowest BCUT2D eigenvalue weighted by atomic mass is 10.0. The average molecular weight is 264 g/mol. The molecule has 5 nitrogen and oxygen atoms in total. The molecule has 2 atom stereocenters. The van der Waals surface area contributed by atoms with Gasteiger partial charge in [-0.1, -0.05) is 18.2 Å². The minimum atomic E-state index is -0.529. The summed E-state index contributed by atoms with van der Waals surface area (Å²) in [5.41, 5.74) is 1.11. The van der Waals surface area contributed by atoms with Gasteiger partial charge in [0, 0.05) is 13.6 Å². The maximum Gasteiger partial charge on any atom is 0.317 e. The van der Waals surface area contributed by atoms with Crippen LogP contribution in [0.3, 0.4) is 0 Å². The normalized spacial score (nSPS) is 19.0. The number of benzene rings is 1. The number of rotatable bonds is 3. The van der Waals surface area contributed by atoms with Gasteiger partial charge in [-0.2, -0.15) is 0 Å². The van der Waals surface area contributed by atoms with Crippen LogP contribution in [0.2, 0.25) is 0 Å². The molecule has 0 saturated carbocycles. The van der Waals surface area contributed by atoms with Crippen LogP contribution >= 0.6 is 0 Å². The fourth-order valence-corrected chi connectivity index (χ4v) is 2.18. The fraction of sp³-hybridized carbons (Fsp3) is 0.500. The largest absolute Gasteiger partial charge is 0.491 e. The van der Waals surface area contributed by atoms with E-state index in [2.05, 4.69) is 5.32 Å². The minimum absolute atomic E-state index is 0.0288. The topological polar surface area (TPSA) is 61.8 Å². The van der Waals surface area contributed by atoms with Crippen molar-refractivity contribution in [3.8, 4) is 5.75 Å². The van der Waals surface area contributed by atoms with Gasteiger partial charge in [-0.3, -0.25) is 0 Å². The molecule has 2 amide bonds. The Morgan fingerprint density at radius 3 is 3.05 bits per heavy atom. The third-order valence-electron chi connectivity index (χ3n) is 3.09. The molecule has 1 aliphatic rings. The quantitative estimate of drug-likeness (QED) is 0.856. The van der Waals surface area contributed by atoms with Crippen molar-refractivity contribution in [2.75, 3.05) is 20.2 Å². The van der Waals surface area contributed by atoms with E-state index < -0.39 is 6.10 Å². The van der Waals surface area contributed by atoms with Crippen LogP contribution in [0.15, 0.2) is 24.3 Å². The van der Waals surface area contributed by atoms with Gasteiger partial charge in [-0.25, -0.2) is 4.79 Å². The van der Waals surface area contributed by atoms with Gasteiger partial charge in [0.2, 0.25) is 0 Å². The maximum atomic E-state index is 11.9. The summed E-state index contributed by atoms with van der Waals surface area (Å²) in [7, 11) is 1.67. The number of fused-ring (bicyclic) bond motifs is 1. The van der Waals surface area contributed by atoms with Gasteiger partial charge in [0.15, 0.2) is 0 Å². The molecule has 0 aromatic heterocycles. The first kappa shape index (κ1) is 13.7. The lowest BCUT2D eigenvalue weighted by molar-refractivity contribution is 0.139. The molecule has 0 saturated heterocycles. The van der Waals surface area contributed by atoms with Crippen LogP contribution in [0.4, 0.5) is 4.79 Å². The van der Waals surface area contributed by atoms with E-state index in [-0.39, 0.29) is 12.1 Å². The van der Waals surface area contributed by atoms with Crippen LogP contribution in [-0.2, 0) is 6.42 Å². The number of carbonyl (C=O) groups is 1. The van der Waals surface area contributed by atoms with Crippen molar-refractivity contribution in [1.29, 1.82) is 0 Å². The summed E-state index contributed by atoms with van der Waals surface area (Å²) < 4.78 is 5.62. The highest BCUT2D eigenvalue weighted by Gasteiger charge is 2.22. The summed E-state index contributed by atoms with van der Waals surface area (Å²) in [6, 6.07) is 7.63. The molecule has 0 bridgehead atoms. The zero-order chi connectivity index (χ0) is 13.8. The number of para-hydroxylation sites is 1. The van der Waals surface area contributed by atoms with Crippen LogP contribution in [0.1, 0.15) is 12.5 Å². The van der Waals surface area contributed by atoms with Crippen molar-refractivity contribution in [1.82, 2.24) is 10.2 Å². The highest BCUT2D eigenvalue weighted by atomic mass is 16.5. The molecular formula is C14H20N2O3. The summed E-state index contributed by atoms with van der Waals surface area (Å²) in [4.78, 5) is 13.4. The number of aliphatic hydroxyl groups excluding tert-OH is 1. The number of hydrogen-bond donors (Lipinski definition) is 2. The number of ether oxygens (including phenoxy) is 1. The smallest absolute Gasteiger partial charge is 0.317 e. The third kappa shape index (κ3) is 3.61. The van der Waals surface area contributed by atoms with Gasteiger partial charge >= 0.3 is 6.03 Å². The Morgan fingerprint density at radius 2 is 2.32 bits per heavy atom. The van der Waals surface area contributed by atoms with Crippen LogP contribution in [0, 0.1) is 0 Å². The SMILES string of the molecule is CC(O)CN(C)C(=O)NC1COc2ccccc2C1. The van der Waals surface area contributed by atoms with Crippen molar-refractivity contribution in [2.45, 2.75) is 25.5 Å². The van der Waals surface area contributed by atoms with E-state index >= 15 is 0 Å². The van der Waals surface area contributed by atoms with E-state index in [1.807, 2.05) is 24.3 Å². The van der Waals surface area contributed by atoms with Crippen LogP contribution < -0.4 is 10.1 Å². The zero-order valence-electron chi connectivity index (χ0n) is 11.3. The Bertz CT molecular complexity index is 448. The molecule has 1 heterocycles. The standard InChI is InChI=1S/C14H20N2O3/c1-10(17)8-16(2)14(18)15-12-7-11-5-3-4-6-13(11)19-9-12/h3-6,10,12,17H,7-9H2,1-2H3,(H,15,18). The molecule has 0 radical (unpaired) electrons. The van der Waals surface area contributed by atoms with Crippen LogP contribution in [0.5, 0.6) is 5.75 Å². The fourth-order valence-electron chi connectivity index (χ4n) is 2.18. The number of carbonyl (C=O) groups excluding carboxylic acids is 1. The van der Waals surface area contributed by atoms with E-state index in [0.717, 1.165) is 17.7 Å². The summed E-state index contributed by atoms with van der Waals surface area (Å²) >= 11 is 0. The Kier molecular flexibility index (Phi) is 4.27. The molecule has 0 aliphatic carbocycles. The molecule has 1 aromatic rings. The first-order chi connectivity index (χ1) is 9.06. The predicted molar refractivity (Wildman–Crippen MR) is 72.3 cm³/mol. The number of amides is 2. The summed E-state index contributed by atoms with van der Waals surface area (Å²) in [6.07, 6.45) is 0.240. The lowest BCUT2D eigenvalue weighted by Crippen LogP contribution is -2.49. The molecule has 2 rings (SSSR count). The number of urea groups is 1. The molecule has 104 valence electrons. The van der Waals surface area contributed by atoms with E-state index in [1.165, 1.54) is 4.90 Å².